The molecule has 0 heterocycles. The van der Waals surface area contributed by atoms with E-state index in [1.54, 1.807) is 0 Å². The van der Waals surface area contributed by atoms with Gasteiger partial charge in [-0.2, -0.15) is 0 Å². The van der Waals surface area contributed by atoms with Gasteiger partial charge in [0.1, 0.15) is 0 Å². The van der Waals surface area contributed by atoms with Crippen LogP contribution in [0.5, 0.6) is 0 Å². The van der Waals surface area contributed by atoms with Crippen molar-refractivity contribution in [1.82, 2.24) is 0 Å². The van der Waals surface area contributed by atoms with Gasteiger partial charge in [0.25, 0.3) is 0 Å². The van der Waals surface area contributed by atoms with E-state index in [2.05, 4.69) is 40.7 Å². The van der Waals surface area contributed by atoms with Crippen LogP contribution in [0, 0.1) is 5.92 Å². The molecule has 0 aromatic heterocycles. The smallest absolute Gasteiger partial charge is 0.0126 e. The van der Waals surface area contributed by atoms with Crippen molar-refractivity contribution in [3.63, 3.8) is 0 Å². The van der Waals surface area contributed by atoms with Gasteiger partial charge in [0, 0.05) is 5.54 Å². The van der Waals surface area contributed by atoms with Crippen LogP contribution < -0.4 is 5.73 Å². The molecular weight excluding hydrogens is 194 g/mol. The first-order valence-electron chi connectivity index (χ1n) is 6.82. The molecule has 0 amide bonds. The summed E-state index contributed by atoms with van der Waals surface area (Å²) >= 11 is 0. The van der Waals surface area contributed by atoms with Gasteiger partial charge < -0.3 is 5.73 Å². The lowest BCUT2D eigenvalue weighted by atomic mass is 9.93. The Morgan fingerprint density at radius 1 is 1.38 bits per heavy atom. The maximum Gasteiger partial charge on any atom is 0.0126 e. The number of allylic oxidation sites excluding steroid dienone is 2. The van der Waals surface area contributed by atoms with Gasteiger partial charge in [0.15, 0.2) is 0 Å². The highest BCUT2D eigenvalue weighted by atomic mass is 14.7. The number of nitrogens with two attached hydrogens (primary N) is 1. The first-order valence-corrected chi connectivity index (χ1v) is 6.82. The molecule has 0 aliphatic rings. The molecule has 0 aliphatic carbocycles. The average molecular weight is 225 g/mol. The zero-order chi connectivity index (χ0) is 12.6. The van der Waals surface area contributed by atoms with E-state index >= 15 is 0 Å². The molecule has 16 heavy (non-hydrogen) atoms. The molecule has 0 saturated carbocycles. The average Bonchev–Trinajstić information content (AvgIpc) is 2.17. The van der Waals surface area contributed by atoms with E-state index in [0.29, 0.717) is 0 Å². The van der Waals surface area contributed by atoms with Gasteiger partial charge in [0.2, 0.25) is 0 Å². The molecular formula is C15H31N. The molecule has 0 fully saturated rings. The van der Waals surface area contributed by atoms with Gasteiger partial charge in [0.05, 0.1) is 0 Å². The van der Waals surface area contributed by atoms with Crippen LogP contribution in [0.2, 0.25) is 0 Å². The van der Waals surface area contributed by atoms with Gasteiger partial charge in [-0.3, -0.25) is 0 Å². The third-order valence-corrected chi connectivity index (χ3v) is 3.37. The van der Waals surface area contributed by atoms with Gasteiger partial charge in [-0.25, -0.2) is 0 Å². The van der Waals surface area contributed by atoms with Gasteiger partial charge >= 0.3 is 0 Å². The summed E-state index contributed by atoms with van der Waals surface area (Å²) in [4.78, 5) is 0. The monoisotopic (exact) mass is 225 g/mol. The Morgan fingerprint density at radius 2 is 2.00 bits per heavy atom. The minimum absolute atomic E-state index is 0.0225. The van der Waals surface area contributed by atoms with Crippen molar-refractivity contribution < 1.29 is 0 Å². The zero-order valence-electron chi connectivity index (χ0n) is 12.0. The SMILES string of the molecule is CCC(C)(N)CC/C=C(\C)CCCC(C)C. The van der Waals surface area contributed by atoms with Crippen molar-refractivity contribution in [2.45, 2.75) is 78.7 Å². The molecule has 96 valence electrons. The third kappa shape index (κ3) is 8.96. The molecule has 0 spiro atoms. The fourth-order valence-electron chi connectivity index (χ4n) is 1.72. The van der Waals surface area contributed by atoms with Crippen molar-refractivity contribution in [2.24, 2.45) is 11.7 Å². The minimum Gasteiger partial charge on any atom is -0.325 e. The molecule has 0 bridgehead atoms. The second kappa shape index (κ2) is 7.89. The lowest BCUT2D eigenvalue weighted by molar-refractivity contribution is 0.421. The Morgan fingerprint density at radius 3 is 2.50 bits per heavy atom. The van der Waals surface area contributed by atoms with Crippen LogP contribution in [0.15, 0.2) is 11.6 Å². The quantitative estimate of drug-likeness (QED) is 0.597. The van der Waals surface area contributed by atoms with E-state index in [1.165, 1.54) is 24.8 Å². The number of hydrogen-bond acceptors (Lipinski definition) is 1. The highest BCUT2D eigenvalue weighted by Gasteiger charge is 2.13. The van der Waals surface area contributed by atoms with Crippen molar-refractivity contribution in [2.75, 3.05) is 0 Å². The molecule has 0 aliphatic heterocycles. The summed E-state index contributed by atoms with van der Waals surface area (Å²) in [5, 5.41) is 0. The highest BCUT2D eigenvalue weighted by molar-refractivity contribution is 4.98. The van der Waals surface area contributed by atoms with Crippen LogP contribution in [0.3, 0.4) is 0 Å². The maximum atomic E-state index is 6.11. The lowest BCUT2D eigenvalue weighted by Gasteiger charge is -2.21. The number of hydrogen-bond donors (Lipinski definition) is 1. The summed E-state index contributed by atoms with van der Waals surface area (Å²) in [7, 11) is 0. The first kappa shape index (κ1) is 15.7. The Hall–Kier alpha value is -0.300. The zero-order valence-corrected chi connectivity index (χ0v) is 12.0. The summed E-state index contributed by atoms with van der Waals surface area (Å²) in [5.74, 6) is 0.834. The molecule has 0 rings (SSSR count). The largest absolute Gasteiger partial charge is 0.325 e. The van der Waals surface area contributed by atoms with Crippen LogP contribution in [0.1, 0.15) is 73.1 Å². The molecule has 1 atom stereocenters. The predicted octanol–water partition coefficient (Wildman–Crippen LogP) is 4.67. The van der Waals surface area contributed by atoms with E-state index < -0.39 is 0 Å². The molecule has 2 N–H and O–H groups in total. The normalized spacial score (nSPS) is 16.6. The van der Waals surface area contributed by atoms with Crippen LogP contribution in [0.4, 0.5) is 0 Å². The molecule has 0 aromatic rings. The van der Waals surface area contributed by atoms with Crippen molar-refractivity contribution in [3.05, 3.63) is 11.6 Å². The second-order valence-corrected chi connectivity index (χ2v) is 5.88. The maximum absolute atomic E-state index is 6.11. The van der Waals surface area contributed by atoms with Crippen molar-refractivity contribution in [3.8, 4) is 0 Å². The standard InChI is InChI=1S/C15H31N/c1-6-15(5,16)12-8-11-14(4)10-7-9-13(2)3/h11,13H,6-10,12,16H2,1-5H3/b14-11+. The fraction of sp³-hybridized carbons (Fsp3) is 0.867. The van der Waals surface area contributed by atoms with E-state index in [0.717, 1.165) is 25.2 Å². The summed E-state index contributed by atoms with van der Waals surface area (Å²) in [5.41, 5.74) is 7.67. The van der Waals surface area contributed by atoms with Gasteiger partial charge in [-0.05, 0) is 51.9 Å². The van der Waals surface area contributed by atoms with E-state index in [1.807, 2.05) is 0 Å². The Kier molecular flexibility index (Phi) is 7.74. The summed E-state index contributed by atoms with van der Waals surface area (Å²) in [6.45, 7) is 11.1. The van der Waals surface area contributed by atoms with E-state index in [4.69, 9.17) is 5.73 Å². The Balaban J connectivity index is 3.71. The second-order valence-electron chi connectivity index (χ2n) is 5.88. The topological polar surface area (TPSA) is 26.0 Å². The minimum atomic E-state index is 0.0225. The molecule has 1 heteroatoms. The molecule has 0 radical (unpaired) electrons. The van der Waals surface area contributed by atoms with Crippen LogP contribution in [0.25, 0.3) is 0 Å². The van der Waals surface area contributed by atoms with E-state index in [-0.39, 0.29) is 5.54 Å². The van der Waals surface area contributed by atoms with Crippen LogP contribution in [-0.4, -0.2) is 5.54 Å². The predicted molar refractivity (Wildman–Crippen MR) is 74.6 cm³/mol. The Labute approximate surface area is 102 Å². The molecule has 0 saturated heterocycles. The lowest BCUT2D eigenvalue weighted by Crippen LogP contribution is -2.34. The highest BCUT2D eigenvalue weighted by Crippen LogP contribution is 2.16. The third-order valence-electron chi connectivity index (χ3n) is 3.37. The number of rotatable bonds is 8. The van der Waals surface area contributed by atoms with Crippen molar-refractivity contribution >= 4 is 0 Å². The Bertz CT molecular complexity index is 201. The van der Waals surface area contributed by atoms with Gasteiger partial charge in [-0.1, -0.05) is 38.8 Å². The van der Waals surface area contributed by atoms with Crippen molar-refractivity contribution in [1.29, 1.82) is 0 Å². The van der Waals surface area contributed by atoms with E-state index in [9.17, 15) is 0 Å². The summed E-state index contributed by atoms with van der Waals surface area (Å²) in [6, 6.07) is 0. The van der Waals surface area contributed by atoms with Crippen LogP contribution >= 0.6 is 0 Å². The summed E-state index contributed by atoms with van der Waals surface area (Å²) in [6.07, 6.45) is 9.60. The fourth-order valence-corrected chi connectivity index (χ4v) is 1.72. The molecule has 1 nitrogen and oxygen atoms in total. The summed E-state index contributed by atoms with van der Waals surface area (Å²) < 4.78 is 0. The van der Waals surface area contributed by atoms with Gasteiger partial charge in [-0.15, -0.1) is 0 Å². The first-order chi connectivity index (χ1) is 7.37. The van der Waals surface area contributed by atoms with Crippen LogP contribution in [-0.2, 0) is 0 Å². The molecule has 1 unspecified atom stereocenters. The molecule has 0 aromatic carbocycles.